The number of aliphatic imine (C=N–C) groups is 2. The van der Waals surface area contributed by atoms with Crippen LogP contribution >= 0.6 is 0 Å². The summed E-state index contributed by atoms with van der Waals surface area (Å²) in [4.78, 5) is 26.8. The molecule has 0 aliphatic carbocycles. The Hall–Kier alpha value is -2.40. The molecule has 1 aromatic rings. The van der Waals surface area contributed by atoms with E-state index in [0.29, 0.717) is 18.0 Å². The van der Waals surface area contributed by atoms with E-state index in [1.165, 1.54) is 18.2 Å². The van der Waals surface area contributed by atoms with Crippen molar-refractivity contribution in [2.24, 2.45) is 9.98 Å². The minimum absolute atomic E-state index is 0.194. The Labute approximate surface area is 146 Å². The van der Waals surface area contributed by atoms with E-state index < -0.39 is 0 Å². The van der Waals surface area contributed by atoms with Gasteiger partial charge in [0.05, 0.1) is 24.1 Å². The fraction of sp³-hybridized carbons (Fsp3) is 0.444. The summed E-state index contributed by atoms with van der Waals surface area (Å²) in [5.74, 6) is 0. The number of ether oxygens (including phenoxy) is 2. The molecular formula is C18H22N2O5. The topological polar surface area (TPSA) is 97.6 Å². The van der Waals surface area contributed by atoms with E-state index in [1.54, 1.807) is 25.1 Å². The molecule has 1 aromatic carbocycles. The summed E-state index contributed by atoms with van der Waals surface area (Å²) in [5, 5.41) is 8.55. The van der Waals surface area contributed by atoms with E-state index in [2.05, 4.69) is 16.6 Å². The second-order valence-corrected chi connectivity index (χ2v) is 5.29. The summed E-state index contributed by atoms with van der Waals surface area (Å²) in [5.41, 5.74) is 1.72. The molecule has 0 saturated carbocycles. The van der Waals surface area contributed by atoms with E-state index in [-0.39, 0.29) is 19.0 Å². The first kappa shape index (κ1) is 20.6. The highest BCUT2D eigenvalue weighted by Crippen LogP contribution is 2.23. The Morgan fingerprint density at radius 2 is 2.08 bits per heavy atom. The van der Waals surface area contributed by atoms with Gasteiger partial charge in [0, 0.05) is 6.61 Å². The highest BCUT2D eigenvalue weighted by Gasteiger charge is 2.22. The first-order chi connectivity index (χ1) is 12.1. The summed E-state index contributed by atoms with van der Waals surface area (Å²) >= 11 is 0. The van der Waals surface area contributed by atoms with Gasteiger partial charge in [-0.1, -0.05) is 12.6 Å². The van der Waals surface area contributed by atoms with Gasteiger partial charge in [-0.05, 0) is 50.0 Å². The Bertz CT molecular complexity index is 649. The molecule has 0 spiro atoms. The third-order valence-electron chi connectivity index (χ3n) is 3.43. The lowest BCUT2D eigenvalue weighted by Crippen LogP contribution is -2.10. The molecule has 7 nitrogen and oxygen atoms in total. The monoisotopic (exact) mass is 346 g/mol. The Morgan fingerprint density at radius 3 is 2.68 bits per heavy atom. The lowest BCUT2D eigenvalue weighted by atomic mass is 10.2. The molecule has 1 aliphatic rings. The molecule has 0 amide bonds. The van der Waals surface area contributed by atoms with Gasteiger partial charge in [-0.3, -0.25) is 0 Å². The maximum atomic E-state index is 10.00. The Morgan fingerprint density at radius 1 is 1.32 bits per heavy atom. The van der Waals surface area contributed by atoms with Crippen molar-refractivity contribution < 1.29 is 24.2 Å². The number of carbonyl (C=O) groups excluding carboxylic acids is 2. The van der Waals surface area contributed by atoms with Crippen LogP contribution in [-0.2, 0) is 19.1 Å². The molecule has 0 radical (unpaired) electrons. The molecule has 0 bridgehead atoms. The van der Waals surface area contributed by atoms with Crippen molar-refractivity contribution in [3.8, 4) is 0 Å². The van der Waals surface area contributed by atoms with Crippen LogP contribution in [0.3, 0.4) is 0 Å². The molecule has 0 aromatic heterocycles. The van der Waals surface area contributed by atoms with Crippen molar-refractivity contribution in [2.45, 2.75) is 38.6 Å². The van der Waals surface area contributed by atoms with E-state index >= 15 is 0 Å². The van der Waals surface area contributed by atoms with E-state index in [1.807, 2.05) is 0 Å². The van der Waals surface area contributed by atoms with Gasteiger partial charge in [0.25, 0.3) is 0 Å². The average Bonchev–Trinajstić information content (AvgIpc) is 3.07. The third-order valence-corrected chi connectivity index (χ3v) is 3.43. The Kier molecular flexibility index (Phi) is 9.94. The fourth-order valence-electron chi connectivity index (χ4n) is 2.12. The third kappa shape index (κ3) is 7.81. The fourth-order valence-corrected chi connectivity index (χ4v) is 2.12. The van der Waals surface area contributed by atoms with Gasteiger partial charge in [-0.15, -0.1) is 0 Å². The standard InChI is InChI=1S/C9H6N2O2.C9H16O3/c1-7-2-3-8(10-5-12)4-9(7)11-6-13;1-2-9-11-7-8(12-9)5-3-4-6-10/h2-4H,1H3;2,8-10H,1,3-7H2. The highest BCUT2D eigenvalue weighted by atomic mass is 16.7. The molecule has 25 heavy (non-hydrogen) atoms. The summed E-state index contributed by atoms with van der Waals surface area (Å²) in [6.45, 7) is 6.30. The normalized spacial score (nSPS) is 18.3. The van der Waals surface area contributed by atoms with Crippen LogP contribution in [0, 0.1) is 6.92 Å². The van der Waals surface area contributed by atoms with Crippen molar-refractivity contribution in [3.63, 3.8) is 0 Å². The molecule has 7 heteroatoms. The van der Waals surface area contributed by atoms with Crippen LogP contribution in [0.1, 0.15) is 24.8 Å². The van der Waals surface area contributed by atoms with E-state index in [9.17, 15) is 9.59 Å². The Balaban J connectivity index is 0.000000251. The number of rotatable bonds is 7. The lowest BCUT2D eigenvalue weighted by Gasteiger charge is -2.07. The summed E-state index contributed by atoms with van der Waals surface area (Å²) in [6.07, 6.45) is 7.27. The number of hydrogen-bond acceptors (Lipinski definition) is 7. The molecule has 1 aliphatic heterocycles. The molecule has 1 fully saturated rings. The van der Waals surface area contributed by atoms with Gasteiger partial charge in [0.15, 0.2) is 6.29 Å². The number of benzene rings is 1. The molecule has 1 heterocycles. The van der Waals surface area contributed by atoms with Crippen LogP contribution < -0.4 is 0 Å². The van der Waals surface area contributed by atoms with Crippen LogP contribution in [0.5, 0.6) is 0 Å². The summed E-state index contributed by atoms with van der Waals surface area (Å²) < 4.78 is 10.7. The zero-order valence-corrected chi connectivity index (χ0v) is 14.2. The molecule has 1 N–H and O–H groups in total. The predicted molar refractivity (Wildman–Crippen MR) is 92.5 cm³/mol. The van der Waals surface area contributed by atoms with Crippen molar-refractivity contribution in [1.82, 2.24) is 0 Å². The predicted octanol–water partition coefficient (Wildman–Crippen LogP) is 3.01. The maximum absolute atomic E-state index is 10.00. The average molecular weight is 346 g/mol. The number of isocyanates is 2. The number of hydrogen-bond donors (Lipinski definition) is 1. The molecule has 2 rings (SSSR count). The van der Waals surface area contributed by atoms with E-state index in [0.717, 1.165) is 24.8 Å². The number of unbranched alkanes of at least 4 members (excludes halogenated alkanes) is 1. The van der Waals surface area contributed by atoms with Crippen molar-refractivity contribution in [3.05, 3.63) is 36.4 Å². The molecule has 1 saturated heterocycles. The van der Waals surface area contributed by atoms with Crippen LogP contribution in [-0.4, -0.2) is 42.9 Å². The van der Waals surface area contributed by atoms with Crippen molar-refractivity contribution in [1.29, 1.82) is 0 Å². The van der Waals surface area contributed by atoms with Gasteiger partial charge in [0.2, 0.25) is 12.2 Å². The minimum Gasteiger partial charge on any atom is -0.396 e. The van der Waals surface area contributed by atoms with Gasteiger partial charge in [0.1, 0.15) is 0 Å². The van der Waals surface area contributed by atoms with Gasteiger partial charge >= 0.3 is 0 Å². The smallest absolute Gasteiger partial charge is 0.240 e. The van der Waals surface area contributed by atoms with Crippen LogP contribution in [0.2, 0.25) is 0 Å². The van der Waals surface area contributed by atoms with Gasteiger partial charge < -0.3 is 14.6 Å². The van der Waals surface area contributed by atoms with E-state index in [4.69, 9.17) is 14.6 Å². The largest absolute Gasteiger partial charge is 0.396 e. The van der Waals surface area contributed by atoms with Crippen molar-refractivity contribution >= 4 is 23.5 Å². The number of nitrogens with zero attached hydrogens (tertiary/aromatic N) is 2. The maximum Gasteiger partial charge on any atom is 0.240 e. The second-order valence-electron chi connectivity index (χ2n) is 5.29. The zero-order chi connectivity index (χ0) is 18.5. The zero-order valence-electron chi connectivity index (χ0n) is 14.2. The molecule has 2 atom stereocenters. The second kappa shape index (κ2) is 12.0. The quantitative estimate of drug-likeness (QED) is 0.354. The number of aliphatic hydroxyl groups is 1. The summed E-state index contributed by atoms with van der Waals surface area (Å²) in [7, 11) is 0. The molecule has 134 valence electrons. The minimum atomic E-state index is -0.218. The molecule has 2 unspecified atom stereocenters. The van der Waals surface area contributed by atoms with Crippen LogP contribution in [0.4, 0.5) is 11.4 Å². The first-order valence-corrected chi connectivity index (χ1v) is 7.91. The van der Waals surface area contributed by atoms with Crippen LogP contribution in [0.25, 0.3) is 0 Å². The first-order valence-electron chi connectivity index (χ1n) is 7.91. The SMILES string of the molecule is C=CC1OCC(CCCCO)O1.Cc1ccc(N=C=O)cc1N=C=O. The van der Waals surface area contributed by atoms with Crippen molar-refractivity contribution in [2.75, 3.05) is 13.2 Å². The summed E-state index contributed by atoms with van der Waals surface area (Å²) in [6, 6.07) is 4.88. The highest BCUT2D eigenvalue weighted by molar-refractivity contribution is 5.61. The number of aliphatic hydroxyl groups excluding tert-OH is 1. The number of aryl methyl sites for hydroxylation is 1. The lowest BCUT2D eigenvalue weighted by molar-refractivity contribution is -0.0210. The van der Waals surface area contributed by atoms with Crippen LogP contribution in [0.15, 0.2) is 40.8 Å². The molecular weight excluding hydrogens is 324 g/mol. The van der Waals surface area contributed by atoms with Gasteiger partial charge in [-0.25, -0.2) is 9.59 Å². The van der Waals surface area contributed by atoms with Gasteiger partial charge in [-0.2, -0.15) is 9.98 Å².